The minimum atomic E-state index is 0. The van der Waals surface area contributed by atoms with Gasteiger partial charge >= 0.3 is 0 Å². The van der Waals surface area contributed by atoms with Gasteiger partial charge in [-0.1, -0.05) is 19.8 Å². The molecule has 1 atom stereocenters. The predicted molar refractivity (Wildman–Crippen MR) is 119 cm³/mol. The van der Waals surface area contributed by atoms with Crippen LogP contribution in [0.25, 0.3) is 0 Å². The maximum atomic E-state index is 4.82. The number of nitrogens with one attached hydrogen (secondary N) is 2. The Morgan fingerprint density at radius 3 is 2.40 bits per heavy atom. The van der Waals surface area contributed by atoms with E-state index in [1.54, 1.807) is 0 Å². The van der Waals surface area contributed by atoms with Crippen LogP contribution in [0.2, 0.25) is 0 Å². The topological polar surface area (TPSA) is 42.9 Å². The van der Waals surface area contributed by atoms with E-state index in [4.69, 9.17) is 4.99 Å². The number of halogens is 1. The summed E-state index contributed by atoms with van der Waals surface area (Å²) in [5.41, 5.74) is 0. The molecule has 1 unspecified atom stereocenters. The van der Waals surface area contributed by atoms with Crippen molar-refractivity contribution in [3.63, 3.8) is 0 Å². The summed E-state index contributed by atoms with van der Waals surface area (Å²) in [6, 6.07) is 0. The molecule has 0 bridgehead atoms. The van der Waals surface area contributed by atoms with E-state index in [1.165, 1.54) is 77.8 Å². The van der Waals surface area contributed by atoms with Crippen LogP contribution >= 0.6 is 24.0 Å². The fourth-order valence-corrected chi connectivity index (χ4v) is 3.78. The van der Waals surface area contributed by atoms with Crippen LogP contribution in [0.5, 0.6) is 0 Å². The lowest BCUT2D eigenvalue weighted by atomic mass is 10.1. The van der Waals surface area contributed by atoms with Crippen molar-refractivity contribution in [3.05, 3.63) is 0 Å². The van der Waals surface area contributed by atoms with Crippen LogP contribution in [0.4, 0.5) is 0 Å². The van der Waals surface area contributed by atoms with E-state index in [1.807, 2.05) is 0 Å². The summed E-state index contributed by atoms with van der Waals surface area (Å²) < 4.78 is 0. The summed E-state index contributed by atoms with van der Waals surface area (Å²) in [7, 11) is 0. The van der Waals surface area contributed by atoms with Crippen LogP contribution in [-0.2, 0) is 0 Å². The maximum absolute atomic E-state index is 4.82. The summed E-state index contributed by atoms with van der Waals surface area (Å²) >= 11 is 0. The fourth-order valence-electron chi connectivity index (χ4n) is 3.78. The molecule has 0 aromatic carbocycles. The molecule has 2 N–H and O–H groups in total. The Hall–Kier alpha value is -0.0800. The van der Waals surface area contributed by atoms with Gasteiger partial charge in [-0.2, -0.15) is 0 Å². The third-order valence-electron chi connectivity index (χ3n) is 5.31. The quantitative estimate of drug-likeness (QED) is 0.251. The van der Waals surface area contributed by atoms with Crippen molar-refractivity contribution in [2.75, 3.05) is 58.9 Å². The molecule has 2 rings (SSSR count). The molecule has 0 spiro atoms. The first-order valence-corrected chi connectivity index (χ1v) is 10.3. The largest absolute Gasteiger partial charge is 0.357 e. The summed E-state index contributed by atoms with van der Waals surface area (Å²) in [6.07, 6.45) is 8.11. The minimum absolute atomic E-state index is 0. The normalized spacial score (nSPS) is 23.1. The van der Waals surface area contributed by atoms with Crippen LogP contribution in [0.15, 0.2) is 4.99 Å². The SMILES string of the molecule is CCNC(=NCC1CCN(CC)C1)NCCCN1CCCCCC1.I. The van der Waals surface area contributed by atoms with Crippen molar-refractivity contribution >= 4 is 29.9 Å². The average Bonchev–Trinajstić information content (AvgIpc) is 2.91. The van der Waals surface area contributed by atoms with E-state index in [2.05, 4.69) is 34.3 Å². The minimum Gasteiger partial charge on any atom is -0.357 e. The van der Waals surface area contributed by atoms with Crippen LogP contribution in [0.3, 0.4) is 0 Å². The first-order valence-electron chi connectivity index (χ1n) is 10.3. The Morgan fingerprint density at radius 2 is 1.76 bits per heavy atom. The van der Waals surface area contributed by atoms with Gasteiger partial charge in [-0.25, -0.2) is 0 Å². The molecule has 25 heavy (non-hydrogen) atoms. The number of nitrogens with zero attached hydrogens (tertiary/aromatic N) is 3. The van der Waals surface area contributed by atoms with Gasteiger partial charge in [0, 0.05) is 26.2 Å². The maximum Gasteiger partial charge on any atom is 0.191 e. The van der Waals surface area contributed by atoms with Gasteiger partial charge in [0.1, 0.15) is 0 Å². The number of hydrogen-bond acceptors (Lipinski definition) is 3. The molecule has 0 saturated carbocycles. The van der Waals surface area contributed by atoms with Gasteiger partial charge in [-0.3, -0.25) is 4.99 Å². The van der Waals surface area contributed by atoms with Gasteiger partial charge in [0.05, 0.1) is 0 Å². The second-order valence-electron chi connectivity index (χ2n) is 7.30. The monoisotopic (exact) mass is 465 g/mol. The lowest BCUT2D eigenvalue weighted by Gasteiger charge is -2.20. The number of aliphatic imine (C=N–C) groups is 1. The molecule has 2 fully saturated rings. The Balaban J connectivity index is 0.00000312. The highest BCUT2D eigenvalue weighted by atomic mass is 127. The van der Waals surface area contributed by atoms with E-state index in [-0.39, 0.29) is 24.0 Å². The van der Waals surface area contributed by atoms with Crippen molar-refractivity contribution in [1.82, 2.24) is 20.4 Å². The number of guanidine groups is 1. The molecule has 2 saturated heterocycles. The van der Waals surface area contributed by atoms with Crippen LogP contribution in [0.1, 0.15) is 52.4 Å². The molecule has 0 aliphatic carbocycles. The van der Waals surface area contributed by atoms with Gasteiger partial charge in [0.25, 0.3) is 0 Å². The van der Waals surface area contributed by atoms with E-state index in [0.717, 1.165) is 31.5 Å². The molecule has 0 amide bonds. The Morgan fingerprint density at radius 1 is 1.00 bits per heavy atom. The van der Waals surface area contributed by atoms with Crippen LogP contribution in [-0.4, -0.2) is 74.7 Å². The second-order valence-corrected chi connectivity index (χ2v) is 7.30. The van der Waals surface area contributed by atoms with E-state index in [9.17, 15) is 0 Å². The molecule has 0 radical (unpaired) electrons. The molecule has 6 heteroatoms. The first kappa shape index (κ1) is 23.0. The third-order valence-corrected chi connectivity index (χ3v) is 5.31. The number of rotatable bonds is 8. The van der Waals surface area contributed by atoms with Crippen molar-refractivity contribution in [1.29, 1.82) is 0 Å². The van der Waals surface area contributed by atoms with Gasteiger partial charge in [-0.15, -0.1) is 24.0 Å². The highest BCUT2D eigenvalue weighted by Gasteiger charge is 2.20. The van der Waals surface area contributed by atoms with Gasteiger partial charge in [-0.05, 0) is 71.2 Å². The molecule has 0 aromatic heterocycles. The highest BCUT2D eigenvalue weighted by molar-refractivity contribution is 14.0. The standard InChI is InChI=1S/C19H39N5.HI/c1-3-20-19(22-16-18-10-15-23(4-2)17-18)21-11-9-14-24-12-7-5-6-8-13-24;/h18H,3-17H2,1-2H3,(H2,20,21,22);1H. The predicted octanol–water partition coefficient (Wildman–Crippen LogP) is 2.77. The lowest BCUT2D eigenvalue weighted by molar-refractivity contribution is 0.282. The van der Waals surface area contributed by atoms with Crippen molar-refractivity contribution < 1.29 is 0 Å². The third kappa shape index (κ3) is 9.43. The van der Waals surface area contributed by atoms with E-state index in [0.29, 0.717) is 0 Å². The van der Waals surface area contributed by atoms with Gasteiger partial charge < -0.3 is 20.4 Å². The number of likely N-dealkylation sites (tertiary alicyclic amines) is 2. The zero-order valence-corrected chi connectivity index (χ0v) is 18.8. The molecule has 2 aliphatic heterocycles. The molecule has 0 aromatic rings. The second kappa shape index (κ2) is 14.0. The fraction of sp³-hybridized carbons (Fsp3) is 0.947. The molecule has 2 aliphatic rings. The molecular weight excluding hydrogens is 425 g/mol. The average molecular weight is 465 g/mol. The molecule has 2 heterocycles. The summed E-state index contributed by atoms with van der Waals surface area (Å²) in [5, 5.41) is 6.92. The Bertz CT molecular complexity index is 356. The molecule has 148 valence electrons. The summed E-state index contributed by atoms with van der Waals surface area (Å²) in [5.74, 6) is 1.74. The summed E-state index contributed by atoms with van der Waals surface area (Å²) in [4.78, 5) is 9.98. The first-order chi connectivity index (χ1) is 11.8. The van der Waals surface area contributed by atoms with Crippen molar-refractivity contribution in [2.24, 2.45) is 10.9 Å². The molecule has 5 nitrogen and oxygen atoms in total. The smallest absolute Gasteiger partial charge is 0.191 e. The number of hydrogen-bond donors (Lipinski definition) is 2. The van der Waals surface area contributed by atoms with E-state index < -0.39 is 0 Å². The van der Waals surface area contributed by atoms with Gasteiger partial charge in [0.2, 0.25) is 0 Å². The highest BCUT2D eigenvalue weighted by Crippen LogP contribution is 2.15. The van der Waals surface area contributed by atoms with Crippen LogP contribution in [0, 0.1) is 5.92 Å². The molecular formula is C19H40IN5. The summed E-state index contributed by atoms with van der Waals surface area (Å²) in [6.45, 7) is 14.8. The van der Waals surface area contributed by atoms with Gasteiger partial charge in [0.15, 0.2) is 5.96 Å². The van der Waals surface area contributed by atoms with Crippen molar-refractivity contribution in [3.8, 4) is 0 Å². The lowest BCUT2D eigenvalue weighted by Crippen LogP contribution is -2.39. The Kier molecular flexibility index (Phi) is 12.9. The zero-order valence-electron chi connectivity index (χ0n) is 16.4. The van der Waals surface area contributed by atoms with E-state index >= 15 is 0 Å². The zero-order chi connectivity index (χ0) is 17.0. The Labute approximate surface area is 172 Å². The van der Waals surface area contributed by atoms with Crippen molar-refractivity contribution in [2.45, 2.75) is 52.4 Å². The van der Waals surface area contributed by atoms with Crippen LogP contribution < -0.4 is 10.6 Å².